The maximum atomic E-state index is 11.8. The quantitative estimate of drug-likeness (QED) is 0.509. The third-order valence-corrected chi connectivity index (χ3v) is 2.80. The van der Waals surface area contributed by atoms with Gasteiger partial charge in [-0.05, 0) is 33.6 Å². The van der Waals surface area contributed by atoms with E-state index in [1.165, 1.54) is 0 Å². The van der Waals surface area contributed by atoms with Gasteiger partial charge < -0.3 is 4.84 Å². The van der Waals surface area contributed by atoms with Crippen LogP contribution in [0.3, 0.4) is 0 Å². The van der Waals surface area contributed by atoms with Crippen molar-refractivity contribution in [3.63, 3.8) is 0 Å². The summed E-state index contributed by atoms with van der Waals surface area (Å²) in [7, 11) is 0. The van der Waals surface area contributed by atoms with Gasteiger partial charge in [-0.25, -0.2) is 0 Å². The highest BCUT2D eigenvalue weighted by Crippen LogP contribution is 2.39. The van der Waals surface area contributed by atoms with Crippen LogP contribution in [0.4, 0.5) is 0 Å². The first-order valence-electron chi connectivity index (χ1n) is 4.53. The van der Waals surface area contributed by atoms with Crippen LogP contribution in [0, 0.1) is 10.1 Å². The van der Waals surface area contributed by atoms with E-state index in [0.29, 0.717) is 6.42 Å². The van der Waals surface area contributed by atoms with Crippen LogP contribution in [0.5, 0.6) is 0 Å². The topological polar surface area (TPSA) is 75.5 Å². The highest BCUT2D eigenvalue weighted by Gasteiger charge is 2.48. The Morgan fingerprint density at radius 3 is 2.36 bits per heavy atom. The lowest BCUT2D eigenvalue weighted by atomic mass is 10.0. The molecule has 0 aliphatic carbocycles. The smallest absolute Gasteiger partial charge is 0.294 e. The summed E-state index contributed by atoms with van der Waals surface area (Å²) in [5, 5.41) is 21.9. The minimum atomic E-state index is -0.857. The molecule has 0 aromatic carbocycles. The molecule has 1 saturated heterocycles. The van der Waals surface area contributed by atoms with Crippen molar-refractivity contribution in [1.29, 1.82) is 0 Å². The first-order valence-corrected chi connectivity index (χ1v) is 4.53. The maximum absolute atomic E-state index is 11.8. The Labute approximate surface area is 82.5 Å². The molecule has 1 heterocycles. The van der Waals surface area contributed by atoms with Crippen LogP contribution in [0.2, 0.25) is 0 Å². The summed E-state index contributed by atoms with van der Waals surface area (Å²) in [6, 6.07) is 0. The van der Waals surface area contributed by atoms with E-state index in [0.717, 1.165) is 11.5 Å². The van der Waals surface area contributed by atoms with Crippen LogP contribution in [0.1, 0.15) is 33.6 Å². The molecule has 1 rings (SSSR count). The van der Waals surface area contributed by atoms with Crippen LogP contribution >= 0.6 is 0 Å². The molecule has 0 N–H and O–H groups in total. The second kappa shape index (κ2) is 3.36. The molecule has 0 aromatic heterocycles. The van der Waals surface area contributed by atoms with E-state index in [1.807, 2.05) is 13.8 Å². The minimum absolute atomic E-state index is 0.160. The summed E-state index contributed by atoms with van der Waals surface area (Å²) in [6.07, 6.45) is 1.35. The van der Waals surface area contributed by atoms with E-state index < -0.39 is 16.2 Å². The van der Waals surface area contributed by atoms with Crippen molar-refractivity contribution in [2.24, 2.45) is 0 Å². The molecule has 1 radical (unpaired) electrons. The lowest BCUT2D eigenvalue weighted by Crippen LogP contribution is -2.49. The van der Waals surface area contributed by atoms with E-state index in [2.05, 4.69) is 4.84 Å². The molecule has 81 valence electrons. The van der Waals surface area contributed by atoms with Crippen LogP contribution in [-0.4, -0.2) is 27.8 Å². The molecule has 0 aromatic rings. The second-order valence-corrected chi connectivity index (χ2v) is 4.60. The Kier molecular flexibility index (Phi) is 2.69. The number of rotatable bonds is 3. The van der Waals surface area contributed by atoms with Crippen LogP contribution in [-0.2, 0) is 10.0 Å². The van der Waals surface area contributed by atoms with Crippen LogP contribution < -0.4 is 0 Å². The molecule has 0 spiro atoms. The zero-order valence-electron chi connectivity index (χ0n) is 8.65. The SMILES string of the molecule is CC1(C)CCC(C)(CO[N+](=O)[O-])N1[O]. The van der Waals surface area contributed by atoms with Gasteiger partial charge in [0.05, 0.1) is 5.54 Å². The first-order chi connectivity index (χ1) is 6.28. The lowest BCUT2D eigenvalue weighted by molar-refractivity contribution is -0.760. The maximum Gasteiger partial charge on any atom is 0.294 e. The van der Waals surface area contributed by atoms with Gasteiger partial charge in [-0.2, -0.15) is 0 Å². The molecule has 1 aliphatic rings. The molecule has 14 heavy (non-hydrogen) atoms. The fourth-order valence-electron chi connectivity index (χ4n) is 1.83. The second-order valence-electron chi connectivity index (χ2n) is 4.60. The third-order valence-electron chi connectivity index (χ3n) is 2.80. The van der Waals surface area contributed by atoms with Crippen molar-refractivity contribution in [3.8, 4) is 0 Å². The first kappa shape index (κ1) is 11.2. The Morgan fingerprint density at radius 2 is 2.00 bits per heavy atom. The zero-order valence-corrected chi connectivity index (χ0v) is 8.65. The molecular weight excluding hydrogens is 188 g/mol. The number of hydrogen-bond acceptors (Lipinski definition) is 4. The van der Waals surface area contributed by atoms with Gasteiger partial charge in [-0.1, -0.05) is 0 Å². The fourth-order valence-corrected chi connectivity index (χ4v) is 1.83. The summed E-state index contributed by atoms with van der Waals surface area (Å²) in [5.74, 6) is 0. The summed E-state index contributed by atoms with van der Waals surface area (Å²) in [6.45, 7) is 5.19. The molecule has 0 bridgehead atoms. The molecule has 6 nitrogen and oxygen atoms in total. The van der Waals surface area contributed by atoms with Crippen molar-refractivity contribution in [2.45, 2.75) is 44.7 Å². The Bertz CT molecular complexity index is 243. The molecular formula is C8H15N2O4. The average Bonchev–Trinajstić information content (AvgIpc) is 2.28. The van der Waals surface area contributed by atoms with Crippen LogP contribution in [0.15, 0.2) is 0 Å². The van der Waals surface area contributed by atoms with Gasteiger partial charge in [-0.15, -0.1) is 20.4 Å². The van der Waals surface area contributed by atoms with Gasteiger partial charge in [0.2, 0.25) is 0 Å². The number of hydroxylamine groups is 2. The molecule has 1 atom stereocenters. The minimum Gasteiger partial charge on any atom is -0.312 e. The van der Waals surface area contributed by atoms with Gasteiger partial charge in [0.25, 0.3) is 5.09 Å². The largest absolute Gasteiger partial charge is 0.312 e. The highest BCUT2D eigenvalue weighted by molar-refractivity contribution is 4.98. The number of hydrogen-bond donors (Lipinski definition) is 0. The summed E-state index contributed by atoms with van der Waals surface area (Å²) in [4.78, 5) is 14.3. The summed E-state index contributed by atoms with van der Waals surface area (Å²) in [5.41, 5.74) is -1.22. The van der Waals surface area contributed by atoms with E-state index in [9.17, 15) is 15.3 Å². The molecule has 1 aliphatic heterocycles. The van der Waals surface area contributed by atoms with Gasteiger partial charge in [0, 0.05) is 5.54 Å². The normalized spacial score (nSPS) is 31.7. The van der Waals surface area contributed by atoms with Crippen LogP contribution in [0.25, 0.3) is 0 Å². The third kappa shape index (κ3) is 1.96. The van der Waals surface area contributed by atoms with Crippen molar-refractivity contribution >= 4 is 0 Å². The number of nitrogens with zero attached hydrogens (tertiary/aromatic N) is 2. The average molecular weight is 203 g/mol. The van der Waals surface area contributed by atoms with E-state index in [4.69, 9.17) is 0 Å². The van der Waals surface area contributed by atoms with Crippen molar-refractivity contribution < 1.29 is 15.1 Å². The molecule has 6 heteroatoms. The Balaban J connectivity index is 2.63. The standard InChI is InChI=1S/C8H15N2O4/c1-7(2)4-5-8(3,9(7)11)6-14-10(12)13/h4-6H2,1-3H3. The fraction of sp³-hybridized carbons (Fsp3) is 1.00. The predicted molar refractivity (Wildman–Crippen MR) is 47.2 cm³/mol. The molecule has 1 fully saturated rings. The van der Waals surface area contributed by atoms with Crippen molar-refractivity contribution in [1.82, 2.24) is 5.06 Å². The van der Waals surface area contributed by atoms with Crippen molar-refractivity contribution in [2.75, 3.05) is 6.61 Å². The molecule has 0 saturated carbocycles. The van der Waals surface area contributed by atoms with Gasteiger partial charge in [0.15, 0.2) is 0 Å². The Hall–Kier alpha value is -0.880. The summed E-state index contributed by atoms with van der Waals surface area (Å²) >= 11 is 0. The van der Waals surface area contributed by atoms with Gasteiger partial charge in [0.1, 0.15) is 6.61 Å². The van der Waals surface area contributed by atoms with Crippen molar-refractivity contribution in [3.05, 3.63) is 10.1 Å². The molecule has 0 amide bonds. The van der Waals surface area contributed by atoms with Gasteiger partial charge in [-0.3, -0.25) is 0 Å². The zero-order chi connectivity index (χ0) is 11.0. The monoisotopic (exact) mass is 203 g/mol. The molecule has 1 unspecified atom stereocenters. The van der Waals surface area contributed by atoms with E-state index in [1.54, 1.807) is 6.92 Å². The van der Waals surface area contributed by atoms with E-state index in [-0.39, 0.29) is 6.61 Å². The summed E-state index contributed by atoms with van der Waals surface area (Å²) < 4.78 is 0. The highest BCUT2D eigenvalue weighted by atomic mass is 17.0. The lowest BCUT2D eigenvalue weighted by Gasteiger charge is -2.33. The Morgan fingerprint density at radius 1 is 1.43 bits per heavy atom. The van der Waals surface area contributed by atoms with Gasteiger partial charge >= 0.3 is 0 Å². The predicted octanol–water partition coefficient (Wildman–Crippen LogP) is 1.17. The van der Waals surface area contributed by atoms with E-state index >= 15 is 0 Å².